The third-order valence-electron chi connectivity index (χ3n) is 5.04. The number of aromatic nitrogens is 2. The van der Waals surface area contributed by atoms with Crippen LogP contribution in [-0.2, 0) is 11.2 Å². The van der Waals surface area contributed by atoms with Gasteiger partial charge in [0, 0.05) is 29.8 Å². The molecule has 4 rings (SSSR count). The zero-order valence-electron chi connectivity index (χ0n) is 17.0. The molecule has 31 heavy (non-hydrogen) atoms. The summed E-state index contributed by atoms with van der Waals surface area (Å²) >= 11 is 18.5. The van der Waals surface area contributed by atoms with E-state index in [2.05, 4.69) is 10.4 Å². The maximum atomic E-state index is 12.8. The molecule has 0 spiro atoms. The lowest BCUT2D eigenvalue weighted by Gasteiger charge is -2.12. The van der Waals surface area contributed by atoms with E-state index in [-0.39, 0.29) is 12.3 Å². The lowest BCUT2D eigenvalue weighted by Crippen LogP contribution is -2.16. The van der Waals surface area contributed by atoms with Crippen LogP contribution in [0, 0.1) is 13.8 Å². The van der Waals surface area contributed by atoms with Gasteiger partial charge in [-0.2, -0.15) is 5.10 Å². The second-order valence-electron chi connectivity index (χ2n) is 7.21. The molecule has 1 amide bonds. The molecule has 0 atom stereocenters. The molecule has 1 aliphatic rings. The number of carbonyl (C=O) groups excluding carboxylic acids is 1. The summed E-state index contributed by atoms with van der Waals surface area (Å²) in [5, 5.41) is 8.73. The summed E-state index contributed by atoms with van der Waals surface area (Å²) in [6.07, 6.45) is 0.930. The number of nitrogens with zero attached hydrogens (tertiary/aromatic N) is 2. The number of ether oxygens (including phenoxy) is 2. The fraction of sp³-hybridized carbons (Fsp3) is 0.273. The zero-order valence-corrected chi connectivity index (χ0v) is 19.2. The minimum Gasteiger partial charge on any atom is -0.490 e. The Balaban J connectivity index is 1.55. The van der Waals surface area contributed by atoms with Gasteiger partial charge in [-0.3, -0.25) is 4.79 Å². The van der Waals surface area contributed by atoms with E-state index in [1.807, 2.05) is 19.9 Å². The number of aryl methyl sites for hydroxylation is 1. The molecule has 1 aliphatic heterocycles. The molecule has 9 heteroatoms. The topological polar surface area (TPSA) is 65.4 Å². The minimum absolute atomic E-state index is 0.143. The van der Waals surface area contributed by atoms with Crippen LogP contribution in [0.15, 0.2) is 30.3 Å². The second kappa shape index (κ2) is 8.99. The molecule has 0 bridgehead atoms. The Labute approximate surface area is 195 Å². The number of benzene rings is 2. The molecule has 1 N–H and O–H groups in total. The third kappa shape index (κ3) is 4.61. The quantitative estimate of drug-likeness (QED) is 0.513. The molecule has 0 radical (unpaired) electrons. The van der Waals surface area contributed by atoms with Crippen LogP contribution in [-0.4, -0.2) is 28.9 Å². The van der Waals surface area contributed by atoms with Gasteiger partial charge in [-0.25, -0.2) is 4.68 Å². The molecular weight excluding hydrogens is 461 g/mol. The summed E-state index contributed by atoms with van der Waals surface area (Å²) in [7, 11) is 0. The van der Waals surface area contributed by atoms with Crippen LogP contribution in [0.4, 0.5) is 5.69 Å². The fourth-order valence-corrected chi connectivity index (χ4v) is 3.93. The number of nitrogens with one attached hydrogen (secondary N) is 1. The van der Waals surface area contributed by atoms with Crippen molar-refractivity contribution >= 4 is 46.4 Å². The van der Waals surface area contributed by atoms with E-state index < -0.39 is 0 Å². The van der Waals surface area contributed by atoms with Gasteiger partial charge in [0.2, 0.25) is 5.91 Å². The van der Waals surface area contributed by atoms with Gasteiger partial charge >= 0.3 is 0 Å². The summed E-state index contributed by atoms with van der Waals surface area (Å²) < 4.78 is 13.1. The standard InChI is InChI=1S/C22H20Cl3N3O3/c1-12-15(13(2)28(27-12)14-4-5-16(23)17(24)8-14)9-22(29)26-19-11-21-20(10-18(19)25)30-6-3-7-31-21/h4-5,8,10-11H,3,6-7,9H2,1-2H3,(H,26,29). The maximum absolute atomic E-state index is 12.8. The van der Waals surface area contributed by atoms with Crippen molar-refractivity contribution in [2.24, 2.45) is 0 Å². The molecule has 162 valence electrons. The first kappa shape index (κ1) is 21.8. The molecule has 2 aromatic carbocycles. The van der Waals surface area contributed by atoms with Crippen molar-refractivity contribution in [3.8, 4) is 17.2 Å². The van der Waals surface area contributed by atoms with Gasteiger partial charge in [0.25, 0.3) is 0 Å². The highest BCUT2D eigenvalue weighted by molar-refractivity contribution is 6.42. The zero-order chi connectivity index (χ0) is 22.1. The number of amides is 1. The minimum atomic E-state index is -0.212. The summed E-state index contributed by atoms with van der Waals surface area (Å²) in [4.78, 5) is 12.8. The Kier molecular flexibility index (Phi) is 6.32. The normalized spacial score (nSPS) is 13.1. The van der Waals surface area contributed by atoms with E-state index in [1.165, 1.54) is 0 Å². The molecule has 1 aromatic heterocycles. The van der Waals surface area contributed by atoms with E-state index in [1.54, 1.807) is 28.9 Å². The van der Waals surface area contributed by atoms with Crippen LogP contribution < -0.4 is 14.8 Å². The van der Waals surface area contributed by atoms with Crippen LogP contribution in [0.1, 0.15) is 23.4 Å². The maximum Gasteiger partial charge on any atom is 0.228 e. The van der Waals surface area contributed by atoms with Crippen LogP contribution in [0.2, 0.25) is 15.1 Å². The smallest absolute Gasteiger partial charge is 0.228 e. The molecule has 6 nitrogen and oxygen atoms in total. The lowest BCUT2D eigenvalue weighted by molar-refractivity contribution is -0.115. The first-order valence-electron chi connectivity index (χ1n) is 9.73. The van der Waals surface area contributed by atoms with Gasteiger partial charge in [0.05, 0.1) is 51.8 Å². The molecular formula is C22H20Cl3N3O3. The van der Waals surface area contributed by atoms with Gasteiger partial charge in [0.1, 0.15) is 0 Å². The van der Waals surface area contributed by atoms with Gasteiger partial charge in [-0.1, -0.05) is 34.8 Å². The molecule has 3 aromatic rings. The van der Waals surface area contributed by atoms with E-state index in [0.29, 0.717) is 45.5 Å². The van der Waals surface area contributed by atoms with Gasteiger partial charge in [0.15, 0.2) is 11.5 Å². The van der Waals surface area contributed by atoms with Crippen molar-refractivity contribution in [1.82, 2.24) is 9.78 Å². The monoisotopic (exact) mass is 479 g/mol. The van der Waals surface area contributed by atoms with Crippen molar-refractivity contribution in [3.05, 3.63) is 62.4 Å². The van der Waals surface area contributed by atoms with E-state index in [0.717, 1.165) is 29.1 Å². The molecule has 0 saturated carbocycles. The van der Waals surface area contributed by atoms with Gasteiger partial charge < -0.3 is 14.8 Å². The van der Waals surface area contributed by atoms with Crippen LogP contribution in [0.25, 0.3) is 5.69 Å². The Morgan fingerprint density at radius 1 is 1.03 bits per heavy atom. The molecule has 0 fully saturated rings. The third-order valence-corrected chi connectivity index (χ3v) is 6.09. The van der Waals surface area contributed by atoms with Crippen molar-refractivity contribution < 1.29 is 14.3 Å². The van der Waals surface area contributed by atoms with Crippen molar-refractivity contribution in [2.45, 2.75) is 26.7 Å². The van der Waals surface area contributed by atoms with Gasteiger partial charge in [-0.15, -0.1) is 0 Å². The first-order valence-corrected chi connectivity index (χ1v) is 10.9. The Morgan fingerprint density at radius 2 is 1.74 bits per heavy atom. The van der Waals surface area contributed by atoms with E-state index in [9.17, 15) is 4.79 Å². The van der Waals surface area contributed by atoms with Crippen molar-refractivity contribution in [3.63, 3.8) is 0 Å². The molecule has 0 saturated heterocycles. The number of carbonyl (C=O) groups is 1. The number of rotatable bonds is 4. The van der Waals surface area contributed by atoms with Crippen LogP contribution >= 0.6 is 34.8 Å². The highest BCUT2D eigenvalue weighted by Crippen LogP contribution is 2.37. The Bertz CT molecular complexity index is 1160. The predicted molar refractivity (Wildman–Crippen MR) is 122 cm³/mol. The SMILES string of the molecule is Cc1nn(-c2ccc(Cl)c(Cl)c2)c(C)c1CC(=O)Nc1cc2c(cc1Cl)OCCCO2. The van der Waals surface area contributed by atoms with Gasteiger partial charge in [-0.05, 0) is 32.0 Å². The Hall–Kier alpha value is -2.41. The van der Waals surface area contributed by atoms with E-state index >= 15 is 0 Å². The molecule has 2 heterocycles. The summed E-state index contributed by atoms with van der Waals surface area (Å²) in [5.74, 6) is 0.934. The molecule has 0 aliphatic carbocycles. The lowest BCUT2D eigenvalue weighted by atomic mass is 10.1. The summed E-state index contributed by atoms with van der Waals surface area (Å²) in [5.41, 5.74) is 3.67. The highest BCUT2D eigenvalue weighted by Gasteiger charge is 2.19. The Morgan fingerprint density at radius 3 is 2.45 bits per heavy atom. The van der Waals surface area contributed by atoms with Crippen LogP contribution in [0.3, 0.4) is 0 Å². The van der Waals surface area contributed by atoms with Crippen molar-refractivity contribution in [2.75, 3.05) is 18.5 Å². The number of fused-ring (bicyclic) bond motifs is 1. The number of hydrogen-bond acceptors (Lipinski definition) is 4. The number of anilines is 1. The summed E-state index contributed by atoms with van der Waals surface area (Å²) in [6, 6.07) is 8.64. The average Bonchev–Trinajstić information content (AvgIpc) is 2.89. The average molecular weight is 481 g/mol. The van der Waals surface area contributed by atoms with Crippen LogP contribution in [0.5, 0.6) is 11.5 Å². The second-order valence-corrected chi connectivity index (χ2v) is 8.44. The van der Waals surface area contributed by atoms with Crippen molar-refractivity contribution in [1.29, 1.82) is 0 Å². The molecule has 0 unspecified atom stereocenters. The largest absolute Gasteiger partial charge is 0.490 e. The number of halogens is 3. The highest BCUT2D eigenvalue weighted by atomic mass is 35.5. The predicted octanol–water partition coefficient (Wildman–Crippen LogP) is 5.79. The summed E-state index contributed by atoms with van der Waals surface area (Å²) in [6.45, 7) is 4.89. The fourth-order valence-electron chi connectivity index (χ4n) is 3.43. The van der Waals surface area contributed by atoms with E-state index in [4.69, 9.17) is 44.3 Å². The first-order chi connectivity index (χ1) is 14.8. The number of hydrogen-bond donors (Lipinski definition) is 1.